The van der Waals surface area contributed by atoms with E-state index in [1.165, 1.54) is 6.07 Å². The van der Waals surface area contributed by atoms with Gasteiger partial charge >= 0.3 is 5.97 Å². The van der Waals surface area contributed by atoms with Gasteiger partial charge in [-0.05, 0) is 24.7 Å². The molecule has 6 nitrogen and oxygen atoms in total. The third-order valence-electron chi connectivity index (χ3n) is 3.65. The fourth-order valence-corrected chi connectivity index (χ4v) is 2.52. The highest BCUT2D eigenvalue weighted by Crippen LogP contribution is 2.24. The molecule has 21 heavy (non-hydrogen) atoms. The molecule has 2 rings (SSSR count). The van der Waals surface area contributed by atoms with Gasteiger partial charge in [-0.15, -0.1) is 0 Å². The van der Waals surface area contributed by atoms with Crippen LogP contribution in [-0.2, 0) is 16.0 Å². The molecule has 114 valence electrons. The first-order chi connectivity index (χ1) is 9.88. The second kappa shape index (κ2) is 6.32. The maximum atomic E-state index is 12.2. The van der Waals surface area contributed by atoms with Crippen LogP contribution >= 0.6 is 11.6 Å². The fraction of sp³-hybridized carbons (Fsp3) is 0.429. The molecule has 1 aliphatic heterocycles. The lowest BCUT2D eigenvalue weighted by atomic mass is 10.1. The van der Waals surface area contributed by atoms with Crippen LogP contribution in [-0.4, -0.2) is 64.6 Å². The normalized spacial score (nSPS) is 19.5. The summed E-state index contributed by atoms with van der Waals surface area (Å²) >= 11 is 5.81. The van der Waals surface area contributed by atoms with Crippen molar-refractivity contribution in [3.8, 4) is 5.75 Å². The molecule has 0 unspecified atom stereocenters. The predicted octanol–water partition coefficient (Wildman–Crippen LogP) is 0.815. The number of aliphatic carboxylic acids is 1. The lowest BCUT2D eigenvalue weighted by Gasteiger charge is -2.37. The third-order valence-corrected chi connectivity index (χ3v) is 3.96. The van der Waals surface area contributed by atoms with Gasteiger partial charge in [0.2, 0.25) is 5.91 Å². The van der Waals surface area contributed by atoms with Crippen LogP contribution in [0.2, 0.25) is 5.02 Å². The number of amides is 1. The van der Waals surface area contributed by atoms with Gasteiger partial charge in [0.1, 0.15) is 11.8 Å². The Kier molecular flexibility index (Phi) is 4.69. The first-order valence-electron chi connectivity index (χ1n) is 6.56. The van der Waals surface area contributed by atoms with Crippen LogP contribution in [0, 0.1) is 0 Å². The average molecular weight is 313 g/mol. The van der Waals surface area contributed by atoms with Crippen molar-refractivity contribution in [2.24, 2.45) is 0 Å². The third kappa shape index (κ3) is 3.65. The second-order valence-corrected chi connectivity index (χ2v) is 5.54. The molecule has 1 atom stereocenters. The molecule has 0 bridgehead atoms. The van der Waals surface area contributed by atoms with E-state index in [1.807, 2.05) is 0 Å². The zero-order chi connectivity index (χ0) is 15.6. The summed E-state index contributed by atoms with van der Waals surface area (Å²) in [5.41, 5.74) is 0.689. The number of phenols is 1. The van der Waals surface area contributed by atoms with E-state index in [9.17, 15) is 14.7 Å². The number of rotatable bonds is 3. The van der Waals surface area contributed by atoms with Gasteiger partial charge in [0.15, 0.2) is 0 Å². The largest absolute Gasteiger partial charge is 0.506 e. The van der Waals surface area contributed by atoms with E-state index in [2.05, 4.69) is 0 Å². The van der Waals surface area contributed by atoms with E-state index in [-0.39, 0.29) is 29.6 Å². The van der Waals surface area contributed by atoms with Crippen LogP contribution in [0.4, 0.5) is 0 Å². The van der Waals surface area contributed by atoms with Gasteiger partial charge in [-0.3, -0.25) is 14.5 Å². The maximum Gasteiger partial charge on any atom is 0.322 e. The first kappa shape index (κ1) is 15.6. The molecule has 1 aromatic rings. The van der Waals surface area contributed by atoms with Crippen LogP contribution in [0.3, 0.4) is 0 Å². The van der Waals surface area contributed by atoms with Crippen molar-refractivity contribution in [3.05, 3.63) is 28.8 Å². The van der Waals surface area contributed by atoms with Crippen LogP contribution in [0.15, 0.2) is 18.2 Å². The number of carbonyl (C=O) groups is 2. The number of aromatic hydroxyl groups is 1. The van der Waals surface area contributed by atoms with E-state index in [1.54, 1.807) is 29.0 Å². The predicted molar refractivity (Wildman–Crippen MR) is 77.5 cm³/mol. The number of carboxylic acids is 1. The smallest absolute Gasteiger partial charge is 0.322 e. The minimum Gasteiger partial charge on any atom is -0.506 e. The molecule has 7 heteroatoms. The molecule has 1 fully saturated rings. The maximum absolute atomic E-state index is 12.2. The Morgan fingerprint density at radius 1 is 1.38 bits per heavy atom. The minimum atomic E-state index is -0.928. The molecular weight excluding hydrogens is 296 g/mol. The topological polar surface area (TPSA) is 81.1 Å². The van der Waals surface area contributed by atoms with Crippen molar-refractivity contribution in [2.75, 3.05) is 26.7 Å². The van der Waals surface area contributed by atoms with Crippen molar-refractivity contribution in [3.63, 3.8) is 0 Å². The number of likely N-dealkylation sites (N-methyl/N-ethyl adjacent to an activating group) is 1. The summed E-state index contributed by atoms with van der Waals surface area (Å²) in [5.74, 6) is -1.10. The summed E-state index contributed by atoms with van der Waals surface area (Å²) in [4.78, 5) is 26.7. The molecule has 0 aromatic heterocycles. The zero-order valence-electron chi connectivity index (χ0n) is 11.6. The Morgan fingerprint density at radius 3 is 2.71 bits per heavy atom. The molecule has 2 N–H and O–H groups in total. The van der Waals surface area contributed by atoms with Crippen molar-refractivity contribution < 1.29 is 19.8 Å². The van der Waals surface area contributed by atoms with Gasteiger partial charge in [-0.25, -0.2) is 0 Å². The fourth-order valence-electron chi connectivity index (χ4n) is 2.31. The Bertz CT molecular complexity index is 564. The first-order valence-corrected chi connectivity index (χ1v) is 6.94. The van der Waals surface area contributed by atoms with Crippen LogP contribution in [0.5, 0.6) is 5.75 Å². The highest BCUT2D eigenvalue weighted by molar-refractivity contribution is 6.32. The van der Waals surface area contributed by atoms with Crippen LogP contribution in [0.1, 0.15) is 5.56 Å². The summed E-state index contributed by atoms with van der Waals surface area (Å²) < 4.78 is 0. The number of piperazine rings is 1. The molecule has 1 aromatic carbocycles. The van der Waals surface area contributed by atoms with Crippen molar-refractivity contribution in [1.82, 2.24) is 9.80 Å². The number of phenolic OH excluding ortho intramolecular Hbond substituents is 1. The minimum absolute atomic E-state index is 0.0293. The molecular formula is C14H17ClN2O4. The summed E-state index contributed by atoms with van der Waals surface area (Å²) in [5, 5.41) is 18.7. The highest BCUT2D eigenvalue weighted by Gasteiger charge is 2.31. The molecule has 1 saturated heterocycles. The number of benzene rings is 1. The van der Waals surface area contributed by atoms with E-state index in [4.69, 9.17) is 16.7 Å². The van der Waals surface area contributed by atoms with Crippen LogP contribution < -0.4 is 0 Å². The van der Waals surface area contributed by atoms with Gasteiger partial charge in [0.05, 0.1) is 11.4 Å². The number of halogens is 1. The van der Waals surface area contributed by atoms with E-state index < -0.39 is 12.0 Å². The molecule has 1 heterocycles. The number of nitrogens with zero attached hydrogens (tertiary/aromatic N) is 2. The average Bonchev–Trinajstić information content (AvgIpc) is 2.43. The standard InChI is InChI=1S/C14H17ClN2O4/c1-16-4-5-17(8-11(16)14(20)21)13(19)7-9-2-3-12(18)10(15)6-9/h2-3,6,11,18H,4-5,7-8H2,1H3,(H,20,21)/t11-/m1/s1. The van der Waals surface area contributed by atoms with Gasteiger partial charge in [0, 0.05) is 19.6 Å². The van der Waals surface area contributed by atoms with Gasteiger partial charge in [0.25, 0.3) is 0 Å². The van der Waals surface area contributed by atoms with Gasteiger partial charge in [-0.1, -0.05) is 17.7 Å². The van der Waals surface area contributed by atoms with E-state index in [0.717, 1.165) is 0 Å². The van der Waals surface area contributed by atoms with E-state index >= 15 is 0 Å². The van der Waals surface area contributed by atoms with Crippen molar-refractivity contribution >= 4 is 23.5 Å². The Labute approximate surface area is 127 Å². The second-order valence-electron chi connectivity index (χ2n) is 5.14. The SMILES string of the molecule is CN1CCN(C(=O)Cc2ccc(O)c(Cl)c2)C[C@@H]1C(=O)O. The summed E-state index contributed by atoms with van der Waals surface area (Å²) in [7, 11) is 1.74. The highest BCUT2D eigenvalue weighted by atomic mass is 35.5. The van der Waals surface area contributed by atoms with Gasteiger partial charge < -0.3 is 15.1 Å². The Morgan fingerprint density at radius 2 is 2.10 bits per heavy atom. The molecule has 0 aliphatic carbocycles. The van der Waals surface area contributed by atoms with Crippen molar-refractivity contribution in [2.45, 2.75) is 12.5 Å². The summed E-state index contributed by atoms with van der Waals surface area (Å²) in [6.07, 6.45) is 0.135. The van der Waals surface area contributed by atoms with Crippen LogP contribution in [0.25, 0.3) is 0 Å². The monoisotopic (exact) mass is 312 g/mol. The van der Waals surface area contributed by atoms with E-state index in [0.29, 0.717) is 18.7 Å². The molecule has 0 radical (unpaired) electrons. The molecule has 1 aliphatic rings. The number of carbonyl (C=O) groups excluding carboxylic acids is 1. The molecule has 1 amide bonds. The zero-order valence-corrected chi connectivity index (χ0v) is 12.4. The Hall–Kier alpha value is -1.79. The molecule has 0 spiro atoms. The van der Waals surface area contributed by atoms with Gasteiger partial charge in [-0.2, -0.15) is 0 Å². The summed E-state index contributed by atoms with van der Waals surface area (Å²) in [6, 6.07) is 3.93. The number of hydrogen-bond acceptors (Lipinski definition) is 4. The number of hydrogen-bond donors (Lipinski definition) is 2. The van der Waals surface area contributed by atoms with Crippen molar-refractivity contribution in [1.29, 1.82) is 0 Å². The quantitative estimate of drug-likeness (QED) is 0.863. The lowest BCUT2D eigenvalue weighted by molar-refractivity contribution is -0.147. The molecule has 0 saturated carbocycles. The lowest BCUT2D eigenvalue weighted by Crippen LogP contribution is -2.56. The summed E-state index contributed by atoms with van der Waals surface area (Å²) in [6.45, 7) is 1.21. The Balaban J connectivity index is 2.03. The number of carboxylic acid groups (broad SMARTS) is 1.